The molecule has 25 heavy (non-hydrogen) atoms. The molecule has 5 rings (SSSR count). The minimum Gasteiger partial charge on any atom is -0.304 e. The summed E-state index contributed by atoms with van der Waals surface area (Å²) in [5.74, 6) is 0.746. The Kier molecular flexibility index (Phi) is 3.41. The van der Waals surface area contributed by atoms with Crippen molar-refractivity contribution in [3.05, 3.63) is 53.6 Å². The van der Waals surface area contributed by atoms with Crippen LogP contribution in [-0.4, -0.2) is 65.7 Å². The van der Waals surface area contributed by atoms with Crippen LogP contribution in [0.1, 0.15) is 17.2 Å². The summed E-state index contributed by atoms with van der Waals surface area (Å²) in [7, 11) is 2.15. The monoisotopic (exact) mass is 334 g/mol. The number of amidine groups is 1. The Labute approximate surface area is 147 Å². The second-order valence-electron chi connectivity index (χ2n) is 7.18. The molecule has 0 spiro atoms. The summed E-state index contributed by atoms with van der Waals surface area (Å²) in [4.78, 5) is 9.52. The average molecular weight is 334 g/mol. The standard InChI is InChI=1S/C20H22N4O/c1-22-9-11-23(12-10-22)13-18-21-17-8-4-7-15-14-5-2-3-6-16(14)20(19(15)17)24(18)25/h2-8,20,25H,9-13H2,1H3. The number of benzene rings is 2. The molecule has 0 bridgehead atoms. The first-order valence-electron chi connectivity index (χ1n) is 8.91. The maximum atomic E-state index is 11.0. The Bertz CT molecular complexity index is 855. The number of rotatable bonds is 2. The molecule has 1 N–H and O–H groups in total. The van der Waals surface area contributed by atoms with Crippen LogP contribution in [-0.2, 0) is 0 Å². The first-order chi connectivity index (χ1) is 12.2. The maximum Gasteiger partial charge on any atom is 0.144 e. The Morgan fingerprint density at radius 3 is 2.60 bits per heavy atom. The molecule has 1 saturated heterocycles. The van der Waals surface area contributed by atoms with Crippen LogP contribution in [0, 0.1) is 0 Å². The van der Waals surface area contributed by atoms with Crippen LogP contribution in [0.4, 0.5) is 5.69 Å². The van der Waals surface area contributed by atoms with Crippen LogP contribution in [0.3, 0.4) is 0 Å². The van der Waals surface area contributed by atoms with Crippen molar-refractivity contribution in [1.82, 2.24) is 14.9 Å². The second kappa shape index (κ2) is 5.66. The summed E-state index contributed by atoms with van der Waals surface area (Å²) < 4.78 is 0. The number of hydrogen-bond donors (Lipinski definition) is 1. The van der Waals surface area contributed by atoms with Gasteiger partial charge in [-0.1, -0.05) is 36.4 Å². The van der Waals surface area contributed by atoms with Gasteiger partial charge in [0.05, 0.1) is 12.2 Å². The van der Waals surface area contributed by atoms with E-state index >= 15 is 0 Å². The van der Waals surface area contributed by atoms with Crippen LogP contribution in [0.2, 0.25) is 0 Å². The van der Waals surface area contributed by atoms with E-state index in [1.54, 1.807) is 0 Å². The number of nitrogens with zero attached hydrogens (tertiary/aromatic N) is 4. The molecule has 1 fully saturated rings. The van der Waals surface area contributed by atoms with Crippen molar-refractivity contribution in [1.29, 1.82) is 0 Å². The molecule has 1 unspecified atom stereocenters. The van der Waals surface area contributed by atoms with Gasteiger partial charge in [-0.2, -0.15) is 0 Å². The fourth-order valence-corrected chi connectivity index (χ4v) is 4.22. The van der Waals surface area contributed by atoms with Crippen molar-refractivity contribution in [2.75, 3.05) is 39.8 Å². The molecule has 2 aromatic rings. The van der Waals surface area contributed by atoms with Gasteiger partial charge in [-0.25, -0.2) is 10.1 Å². The second-order valence-corrected chi connectivity index (χ2v) is 7.18. The predicted molar refractivity (Wildman–Crippen MR) is 98.4 cm³/mol. The summed E-state index contributed by atoms with van der Waals surface area (Å²) in [6.45, 7) is 4.83. The molecule has 2 heterocycles. The lowest BCUT2D eigenvalue weighted by Gasteiger charge is -2.36. The zero-order valence-electron chi connectivity index (χ0n) is 14.4. The van der Waals surface area contributed by atoms with Crippen LogP contribution in [0.25, 0.3) is 11.1 Å². The quantitative estimate of drug-likeness (QED) is 0.917. The van der Waals surface area contributed by atoms with Gasteiger partial charge >= 0.3 is 0 Å². The SMILES string of the molecule is CN1CCN(CC2=Nc3cccc4c3C(c3ccccc3-4)N2O)CC1. The minimum absolute atomic E-state index is 0.137. The molecule has 1 aliphatic carbocycles. The van der Waals surface area contributed by atoms with Gasteiger partial charge in [0.2, 0.25) is 0 Å². The molecule has 2 aliphatic heterocycles. The van der Waals surface area contributed by atoms with Crippen molar-refractivity contribution in [3.8, 4) is 11.1 Å². The molecule has 128 valence electrons. The Balaban J connectivity index is 1.53. The first kappa shape index (κ1) is 15.1. The fourth-order valence-electron chi connectivity index (χ4n) is 4.22. The maximum absolute atomic E-state index is 11.0. The number of fused-ring (bicyclic) bond motifs is 3. The van der Waals surface area contributed by atoms with E-state index in [2.05, 4.69) is 53.2 Å². The van der Waals surface area contributed by atoms with Crippen molar-refractivity contribution >= 4 is 11.5 Å². The van der Waals surface area contributed by atoms with Crippen molar-refractivity contribution in [2.24, 2.45) is 4.99 Å². The Morgan fingerprint density at radius 2 is 1.76 bits per heavy atom. The molecule has 0 aromatic heterocycles. The van der Waals surface area contributed by atoms with Crippen molar-refractivity contribution in [3.63, 3.8) is 0 Å². The molecule has 5 nitrogen and oxygen atoms in total. The summed E-state index contributed by atoms with van der Waals surface area (Å²) in [6.07, 6.45) is 0. The van der Waals surface area contributed by atoms with Gasteiger partial charge in [0.25, 0.3) is 0 Å². The van der Waals surface area contributed by atoms with E-state index in [4.69, 9.17) is 4.99 Å². The topological polar surface area (TPSA) is 42.3 Å². The van der Waals surface area contributed by atoms with E-state index in [-0.39, 0.29) is 6.04 Å². The van der Waals surface area contributed by atoms with Crippen LogP contribution >= 0.6 is 0 Å². The highest BCUT2D eigenvalue weighted by atomic mass is 16.5. The number of hydroxylamine groups is 2. The molecule has 0 amide bonds. The minimum atomic E-state index is -0.137. The van der Waals surface area contributed by atoms with E-state index in [0.29, 0.717) is 6.54 Å². The molecular formula is C20H22N4O. The van der Waals surface area contributed by atoms with Gasteiger partial charge in [0, 0.05) is 31.7 Å². The third-order valence-corrected chi connectivity index (χ3v) is 5.62. The Hall–Kier alpha value is -2.21. The van der Waals surface area contributed by atoms with Gasteiger partial charge in [0.15, 0.2) is 0 Å². The highest BCUT2D eigenvalue weighted by Crippen LogP contribution is 2.51. The number of likely N-dealkylation sites (N-methyl/N-ethyl adjacent to an activating group) is 1. The third kappa shape index (κ3) is 2.31. The van der Waals surface area contributed by atoms with Crippen LogP contribution in [0.5, 0.6) is 0 Å². The zero-order valence-corrected chi connectivity index (χ0v) is 14.4. The lowest BCUT2D eigenvalue weighted by molar-refractivity contribution is -0.0465. The summed E-state index contributed by atoms with van der Waals surface area (Å²) in [5, 5.41) is 12.4. The number of hydrogen-bond acceptors (Lipinski definition) is 5. The normalized spacial score (nSPS) is 22.6. The lowest BCUT2D eigenvalue weighted by atomic mass is 10.0. The largest absolute Gasteiger partial charge is 0.304 e. The van der Waals surface area contributed by atoms with Gasteiger partial charge in [-0.3, -0.25) is 10.1 Å². The summed E-state index contributed by atoms with van der Waals surface area (Å²) in [5.41, 5.74) is 5.69. The van der Waals surface area contributed by atoms with E-state index < -0.39 is 0 Å². The van der Waals surface area contributed by atoms with Crippen molar-refractivity contribution in [2.45, 2.75) is 6.04 Å². The third-order valence-electron chi connectivity index (χ3n) is 5.62. The Morgan fingerprint density at radius 1 is 1.00 bits per heavy atom. The molecule has 0 radical (unpaired) electrons. The smallest absolute Gasteiger partial charge is 0.144 e. The highest BCUT2D eigenvalue weighted by Gasteiger charge is 2.39. The van der Waals surface area contributed by atoms with E-state index in [1.165, 1.54) is 21.8 Å². The molecular weight excluding hydrogens is 312 g/mol. The van der Waals surface area contributed by atoms with E-state index in [0.717, 1.165) is 43.3 Å². The summed E-state index contributed by atoms with van der Waals surface area (Å²) >= 11 is 0. The molecule has 1 atom stereocenters. The van der Waals surface area contributed by atoms with Crippen molar-refractivity contribution < 1.29 is 5.21 Å². The van der Waals surface area contributed by atoms with Gasteiger partial charge in [0.1, 0.15) is 11.9 Å². The van der Waals surface area contributed by atoms with Gasteiger partial charge < -0.3 is 4.90 Å². The average Bonchev–Trinajstić information content (AvgIpc) is 2.98. The lowest BCUT2D eigenvalue weighted by Crippen LogP contribution is -2.49. The van der Waals surface area contributed by atoms with E-state index in [1.807, 2.05) is 6.07 Å². The molecule has 5 heteroatoms. The summed E-state index contributed by atoms with van der Waals surface area (Å²) in [6, 6.07) is 14.5. The van der Waals surface area contributed by atoms with Crippen LogP contribution in [0.15, 0.2) is 47.5 Å². The van der Waals surface area contributed by atoms with Gasteiger partial charge in [-0.05, 0) is 29.8 Å². The molecule has 0 saturated carbocycles. The predicted octanol–water partition coefficient (Wildman–Crippen LogP) is 2.74. The molecule has 2 aromatic carbocycles. The zero-order chi connectivity index (χ0) is 17.0. The molecule has 3 aliphatic rings. The number of aliphatic imine (C=N–C) groups is 1. The van der Waals surface area contributed by atoms with Gasteiger partial charge in [-0.15, -0.1) is 0 Å². The highest BCUT2D eigenvalue weighted by molar-refractivity contribution is 5.94. The van der Waals surface area contributed by atoms with Crippen LogP contribution < -0.4 is 0 Å². The fraction of sp³-hybridized carbons (Fsp3) is 0.350. The first-order valence-corrected chi connectivity index (χ1v) is 8.91. The number of piperazine rings is 1. The van der Waals surface area contributed by atoms with E-state index in [9.17, 15) is 5.21 Å².